The Morgan fingerprint density at radius 2 is 1.64 bits per heavy atom. The van der Waals surface area contributed by atoms with Crippen molar-refractivity contribution in [2.45, 2.75) is 37.6 Å². The van der Waals surface area contributed by atoms with Gasteiger partial charge < -0.3 is 5.32 Å². The van der Waals surface area contributed by atoms with Crippen LogP contribution < -0.4 is 5.32 Å². The summed E-state index contributed by atoms with van der Waals surface area (Å²) in [4.78, 5) is 12.4. The Hall–Kier alpha value is -2.16. The highest BCUT2D eigenvalue weighted by atomic mass is 19.1. The van der Waals surface area contributed by atoms with E-state index in [0.29, 0.717) is 6.42 Å². The predicted molar refractivity (Wildman–Crippen MR) is 84.8 cm³/mol. The molecule has 0 atom stereocenters. The number of carbonyl (C=O) groups excluding carboxylic acids is 1. The van der Waals surface area contributed by atoms with E-state index < -0.39 is 0 Å². The van der Waals surface area contributed by atoms with E-state index in [0.717, 1.165) is 36.8 Å². The van der Waals surface area contributed by atoms with Gasteiger partial charge in [0, 0.05) is 0 Å². The molecule has 0 aliphatic heterocycles. The summed E-state index contributed by atoms with van der Waals surface area (Å²) in [5, 5.41) is 3.22. The van der Waals surface area contributed by atoms with Gasteiger partial charge in [-0.15, -0.1) is 0 Å². The summed E-state index contributed by atoms with van der Waals surface area (Å²) in [5.74, 6) is -0.218. The summed E-state index contributed by atoms with van der Waals surface area (Å²) < 4.78 is 13.2. The molecule has 114 valence electrons. The highest BCUT2D eigenvalue weighted by molar-refractivity contribution is 5.79. The number of nitrogens with one attached hydrogen (secondary N) is 1. The second-order valence-corrected chi connectivity index (χ2v) is 6.01. The van der Waals surface area contributed by atoms with Crippen molar-refractivity contribution < 1.29 is 9.18 Å². The molecule has 2 aromatic rings. The van der Waals surface area contributed by atoms with Crippen molar-refractivity contribution in [3.8, 4) is 0 Å². The van der Waals surface area contributed by atoms with Gasteiger partial charge >= 0.3 is 0 Å². The van der Waals surface area contributed by atoms with Gasteiger partial charge in [0.1, 0.15) is 5.82 Å². The molecule has 1 N–H and O–H groups in total. The van der Waals surface area contributed by atoms with Crippen molar-refractivity contribution >= 4 is 5.91 Å². The lowest BCUT2D eigenvalue weighted by Crippen LogP contribution is -2.44. The van der Waals surface area contributed by atoms with Gasteiger partial charge in [0.05, 0.1) is 12.0 Å². The monoisotopic (exact) mass is 297 g/mol. The molecular weight excluding hydrogens is 277 g/mol. The Balaban J connectivity index is 1.77. The van der Waals surface area contributed by atoms with Crippen LogP contribution in [0.4, 0.5) is 4.39 Å². The van der Waals surface area contributed by atoms with Gasteiger partial charge in [-0.3, -0.25) is 4.79 Å². The molecule has 1 fully saturated rings. The minimum absolute atomic E-state index is 0.0254. The highest BCUT2D eigenvalue weighted by Crippen LogP contribution is 2.38. The first-order valence-electron chi connectivity index (χ1n) is 7.79. The van der Waals surface area contributed by atoms with E-state index in [1.54, 1.807) is 12.1 Å². The van der Waals surface area contributed by atoms with Crippen molar-refractivity contribution in [1.82, 2.24) is 5.32 Å². The molecule has 22 heavy (non-hydrogen) atoms. The summed E-state index contributed by atoms with van der Waals surface area (Å²) in [6.45, 7) is 0. The van der Waals surface area contributed by atoms with Crippen LogP contribution >= 0.6 is 0 Å². The predicted octanol–water partition coefficient (Wildman–Crippen LogP) is 3.95. The average Bonchev–Trinajstić information content (AvgIpc) is 2.98. The van der Waals surface area contributed by atoms with Crippen LogP contribution in [-0.2, 0) is 16.8 Å². The van der Waals surface area contributed by atoms with E-state index >= 15 is 0 Å². The van der Waals surface area contributed by atoms with E-state index in [-0.39, 0.29) is 17.3 Å². The minimum Gasteiger partial charge on any atom is -0.346 e. The molecule has 1 saturated carbocycles. The van der Waals surface area contributed by atoms with Crippen LogP contribution in [0, 0.1) is 5.82 Å². The summed E-state index contributed by atoms with van der Waals surface area (Å²) in [6.07, 6.45) is 4.38. The molecule has 1 aliphatic rings. The molecule has 0 bridgehead atoms. The number of benzene rings is 2. The maximum Gasteiger partial charge on any atom is 0.225 e. The fraction of sp³-hybridized carbons (Fsp3) is 0.316. The number of amides is 1. The van der Waals surface area contributed by atoms with Crippen LogP contribution in [0.25, 0.3) is 0 Å². The van der Waals surface area contributed by atoms with Crippen LogP contribution in [0.15, 0.2) is 54.6 Å². The Labute approximate surface area is 130 Å². The third-order valence-corrected chi connectivity index (χ3v) is 4.44. The van der Waals surface area contributed by atoms with Gasteiger partial charge in [-0.05, 0) is 36.1 Å². The van der Waals surface area contributed by atoms with Gasteiger partial charge in [0.2, 0.25) is 5.91 Å². The van der Waals surface area contributed by atoms with Gasteiger partial charge in [-0.25, -0.2) is 4.39 Å². The SMILES string of the molecule is O=C(Cc1ccccc1)NC1(c2ccc(F)cc2)CCCC1. The molecule has 1 amide bonds. The second kappa shape index (κ2) is 6.30. The van der Waals surface area contributed by atoms with E-state index in [1.807, 2.05) is 30.3 Å². The number of carbonyl (C=O) groups is 1. The standard InChI is InChI=1S/C19H20FNO/c20-17-10-8-16(9-11-17)19(12-4-5-13-19)21-18(22)14-15-6-2-1-3-7-15/h1-3,6-11H,4-5,12-14H2,(H,21,22). The van der Waals surface area contributed by atoms with Crippen LogP contribution in [0.1, 0.15) is 36.8 Å². The van der Waals surface area contributed by atoms with Crippen molar-refractivity contribution in [3.05, 3.63) is 71.5 Å². The van der Waals surface area contributed by atoms with E-state index in [4.69, 9.17) is 0 Å². The van der Waals surface area contributed by atoms with Gasteiger partial charge in [0.15, 0.2) is 0 Å². The lowest BCUT2D eigenvalue weighted by molar-refractivity contribution is -0.122. The number of halogens is 1. The Morgan fingerprint density at radius 3 is 2.27 bits per heavy atom. The van der Waals surface area contributed by atoms with Gasteiger partial charge in [0.25, 0.3) is 0 Å². The number of rotatable bonds is 4. The van der Waals surface area contributed by atoms with Gasteiger partial charge in [-0.2, -0.15) is 0 Å². The first-order chi connectivity index (χ1) is 10.7. The van der Waals surface area contributed by atoms with E-state index in [2.05, 4.69) is 5.32 Å². The van der Waals surface area contributed by atoms with Crippen LogP contribution in [0.3, 0.4) is 0 Å². The molecule has 0 radical (unpaired) electrons. The fourth-order valence-electron chi connectivity index (χ4n) is 3.33. The van der Waals surface area contributed by atoms with Crippen molar-refractivity contribution in [3.63, 3.8) is 0 Å². The topological polar surface area (TPSA) is 29.1 Å². The zero-order valence-electron chi connectivity index (χ0n) is 12.5. The molecule has 0 aromatic heterocycles. The highest BCUT2D eigenvalue weighted by Gasteiger charge is 2.36. The second-order valence-electron chi connectivity index (χ2n) is 6.01. The molecule has 0 spiro atoms. The smallest absolute Gasteiger partial charge is 0.225 e. The molecule has 0 heterocycles. The van der Waals surface area contributed by atoms with Crippen LogP contribution in [0.5, 0.6) is 0 Å². The van der Waals surface area contributed by atoms with E-state index in [1.165, 1.54) is 12.1 Å². The third-order valence-electron chi connectivity index (χ3n) is 4.44. The Bertz CT molecular complexity index is 630. The zero-order chi connectivity index (χ0) is 15.4. The van der Waals surface area contributed by atoms with Gasteiger partial charge in [-0.1, -0.05) is 55.3 Å². The van der Waals surface area contributed by atoms with E-state index in [9.17, 15) is 9.18 Å². The van der Waals surface area contributed by atoms with Crippen LogP contribution in [-0.4, -0.2) is 5.91 Å². The lowest BCUT2D eigenvalue weighted by Gasteiger charge is -2.31. The molecule has 0 unspecified atom stereocenters. The first-order valence-corrected chi connectivity index (χ1v) is 7.79. The molecule has 1 aliphatic carbocycles. The largest absolute Gasteiger partial charge is 0.346 e. The molecule has 2 nitrogen and oxygen atoms in total. The number of hydrogen-bond acceptors (Lipinski definition) is 1. The Morgan fingerprint density at radius 1 is 1.00 bits per heavy atom. The summed E-state index contributed by atoms with van der Waals surface area (Å²) in [7, 11) is 0. The van der Waals surface area contributed by atoms with Crippen LogP contribution in [0.2, 0.25) is 0 Å². The van der Waals surface area contributed by atoms with Crippen molar-refractivity contribution in [1.29, 1.82) is 0 Å². The Kier molecular flexibility index (Phi) is 4.23. The summed E-state index contributed by atoms with van der Waals surface area (Å²) >= 11 is 0. The normalized spacial score (nSPS) is 16.4. The maximum absolute atomic E-state index is 13.2. The first kappa shape index (κ1) is 14.8. The minimum atomic E-state index is -0.334. The zero-order valence-corrected chi connectivity index (χ0v) is 12.5. The number of hydrogen-bond donors (Lipinski definition) is 1. The van der Waals surface area contributed by atoms with Crippen molar-refractivity contribution in [2.24, 2.45) is 0 Å². The summed E-state index contributed by atoms with van der Waals surface area (Å²) in [5.41, 5.74) is 1.68. The molecule has 3 heteroatoms. The third kappa shape index (κ3) is 3.19. The molecule has 2 aromatic carbocycles. The maximum atomic E-state index is 13.2. The molecule has 3 rings (SSSR count). The average molecular weight is 297 g/mol. The molecule has 0 saturated heterocycles. The fourth-order valence-corrected chi connectivity index (χ4v) is 3.33. The summed E-state index contributed by atoms with van der Waals surface area (Å²) in [6, 6.07) is 16.3. The molecular formula is C19H20FNO. The quantitative estimate of drug-likeness (QED) is 0.909. The lowest BCUT2D eigenvalue weighted by atomic mass is 9.87. The van der Waals surface area contributed by atoms with Crippen molar-refractivity contribution in [2.75, 3.05) is 0 Å².